The summed E-state index contributed by atoms with van der Waals surface area (Å²) in [7, 11) is 0. The van der Waals surface area contributed by atoms with E-state index in [0.717, 1.165) is 12.6 Å². The van der Waals surface area contributed by atoms with Crippen molar-refractivity contribution in [2.75, 3.05) is 26.2 Å². The van der Waals surface area contributed by atoms with Crippen LogP contribution in [0.25, 0.3) is 0 Å². The molecular formula is C13H30N2. The van der Waals surface area contributed by atoms with Crippen molar-refractivity contribution in [3.63, 3.8) is 0 Å². The fourth-order valence-corrected chi connectivity index (χ4v) is 1.97. The molecule has 0 heterocycles. The van der Waals surface area contributed by atoms with Crippen molar-refractivity contribution in [3.05, 3.63) is 0 Å². The average Bonchev–Trinajstić information content (AvgIpc) is 2.26. The van der Waals surface area contributed by atoms with Crippen LogP contribution in [0.1, 0.15) is 53.4 Å². The molecule has 15 heavy (non-hydrogen) atoms. The van der Waals surface area contributed by atoms with E-state index in [1.54, 1.807) is 0 Å². The molecule has 1 atom stereocenters. The van der Waals surface area contributed by atoms with E-state index in [1.165, 1.54) is 45.3 Å². The monoisotopic (exact) mass is 214 g/mol. The predicted molar refractivity (Wildman–Crippen MR) is 69.4 cm³/mol. The number of hydrogen-bond donors (Lipinski definition) is 1. The molecule has 0 saturated heterocycles. The van der Waals surface area contributed by atoms with Gasteiger partial charge in [-0.05, 0) is 32.4 Å². The zero-order valence-corrected chi connectivity index (χ0v) is 11.2. The molecule has 0 amide bonds. The number of nitrogens with zero attached hydrogens (tertiary/aromatic N) is 1. The Morgan fingerprint density at radius 3 is 2.20 bits per heavy atom. The molecule has 92 valence electrons. The Morgan fingerprint density at radius 1 is 1.00 bits per heavy atom. The van der Waals surface area contributed by atoms with Crippen LogP contribution in [0.4, 0.5) is 0 Å². The highest BCUT2D eigenvalue weighted by Gasteiger charge is 2.05. The lowest BCUT2D eigenvalue weighted by molar-refractivity contribution is 0.280. The summed E-state index contributed by atoms with van der Waals surface area (Å²) >= 11 is 0. The Bertz CT molecular complexity index is 112. The highest BCUT2D eigenvalue weighted by Crippen LogP contribution is 2.00. The van der Waals surface area contributed by atoms with Crippen molar-refractivity contribution in [1.82, 2.24) is 10.2 Å². The second kappa shape index (κ2) is 10.4. The van der Waals surface area contributed by atoms with Gasteiger partial charge in [0, 0.05) is 19.1 Å². The Morgan fingerprint density at radius 2 is 1.73 bits per heavy atom. The molecule has 0 aromatic heterocycles. The Kier molecular flexibility index (Phi) is 10.4. The molecule has 0 bridgehead atoms. The van der Waals surface area contributed by atoms with Crippen LogP contribution in [0, 0.1) is 0 Å². The highest BCUT2D eigenvalue weighted by atomic mass is 15.1. The van der Waals surface area contributed by atoms with Gasteiger partial charge in [0.1, 0.15) is 0 Å². The molecule has 0 rings (SSSR count). The molecule has 2 nitrogen and oxygen atoms in total. The van der Waals surface area contributed by atoms with E-state index in [-0.39, 0.29) is 0 Å². The van der Waals surface area contributed by atoms with Crippen LogP contribution in [0.15, 0.2) is 0 Å². The van der Waals surface area contributed by atoms with Gasteiger partial charge in [-0.15, -0.1) is 0 Å². The van der Waals surface area contributed by atoms with Crippen LogP contribution in [0.2, 0.25) is 0 Å². The first kappa shape index (κ1) is 14.9. The third kappa shape index (κ3) is 7.80. The summed E-state index contributed by atoms with van der Waals surface area (Å²) in [6.07, 6.45) is 5.13. The summed E-state index contributed by atoms with van der Waals surface area (Å²) in [4.78, 5) is 2.52. The van der Waals surface area contributed by atoms with Crippen LogP contribution in [0.5, 0.6) is 0 Å². The molecule has 0 saturated carbocycles. The van der Waals surface area contributed by atoms with Gasteiger partial charge in [-0.2, -0.15) is 0 Å². The summed E-state index contributed by atoms with van der Waals surface area (Å²) in [5.74, 6) is 0. The van der Waals surface area contributed by atoms with Crippen molar-refractivity contribution < 1.29 is 0 Å². The van der Waals surface area contributed by atoms with Crippen LogP contribution in [-0.2, 0) is 0 Å². The first-order valence-corrected chi connectivity index (χ1v) is 6.74. The van der Waals surface area contributed by atoms with Crippen LogP contribution in [-0.4, -0.2) is 37.1 Å². The largest absolute Gasteiger partial charge is 0.313 e. The standard InChI is InChI=1S/C13H30N2/c1-5-9-13(7-3)14-10-12-15(8-4)11-6-2/h13-14H,5-12H2,1-4H3. The maximum atomic E-state index is 3.65. The van der Waals surface area contributed by atoms with Crippen LogP contribution >= 0.6 is 0 Å². The number of rotatable bonds is 10. The van der Waals surface area contributed by atoms with E-state index in [2.05, 4.69) is 37.9 Å². The molecule has 2 heteroatoms. The third-order valence-corrected chi connectivity index (χ3v) is 2.98. The van der Waals surface area contributed by atoms with Gasteiger partial charge in [-0.1, -0.05) is 34.1 Å². The molecule has 0 fully saturated rings. The molecule has 0 aliphatic heterocycles. The minimum absolute atomic E-state index is 0.732. The van der Waals surface area contributed by atoms with Gasteiger partial charge in [0.25, 0.3) is 0 Å². The Labute approximate surface area is 96.4 Å². The van der Waals surface area contributed by atoms with E-state index in [4.69, 9.17) is 0 Å². The number of nitrogens with one attached hydrogen (secondary N) is 1. The maximum Gasteiger partial charge on any atom is 0.0107 e. The van der Waals surface area contributed by atoms with Crippen LogP contribution < -0.4 is 5.32 Å². The van der Waals surface area contributed by atoms with Gasteiger partial charge in [-0.3, -0.25) is 0 Å². The fraction of sp³-hybridized carbons (Fsp3) is 1.00. The lowest BCUT2D eigenvalue weighted by Gasteiger charge is -2.22. The summed E-state index contributed by atoms with van der Waals surface area (Å²) in [5, 5.41) is 3.65. The summed E-state index contributed by atoms with van der Waals surface area (Å²) < 4.78 is 0. The van der Waals surface area contributed by atoms with E-state index in [9.17, 15) is 0 Å². The average molecular weight is 214 g/mol. The minimum Gasteiger partial charge on any atom is -0.313 e. The van der Waals surface area contributed by atoms with E-state index >= 15 is 0 Å². The van der Waals surface area contributed by atoms with E-state index in [0.29, 0.717) is 0 Å². The van der Waals surface area contributed by atoms with Gasteiger partial charge in [0.05, 0.1) is 0 Å². The molecular weight excluding hydrogens is 184 g/mol. The Hall–Kier alpha value is -0.0800. The topological polar surface area (TPSA) is 15.3 Å². The van der Waals surface area contributed by atoms with Crippen molar-refractivity contribution in [2.45, 2.75) is 59.4 Å². The van der Waals surface area contributed by atoms with Gasteiger partial charge in [0.15, 0.2) is 0 Å². The predicted octanol–water partition coefficient (Wildman–Crippen LogP) is 2.89. The zero-order chi connectivity index (χ0) is 11.5. The maximum absolute atomic E-state index is 3.65. The summed E-state index contributed by atoms with van der Waals surface area (Å²) in [6.45, 7) is 13.8. The molecule has 0 aliphatic rings. The van der Waals surface area contributed by atoms with Crippen molar-refractivity contribution >= 4 is 0 Å². The second-order valence-corrected chi connectivity index (χ2v) is 4.28. The normalized spacial score (nSPS) is 13.4. The van der Waals surface area contributed by atoms with Gasteiger partial charge >= 0.3 is 0 Å². The first-order valence-electron chi connectivity index (χ1n) is 6.74. The smallest absolute Gasteiger partial charge is 0.0107 e. The quantitative estimate of drug-likeness (QED) is 0.601. The molecule has 0 aromatic carbocycles. The van der Waals surface area contributed by atoms with Gasteiger partial charge in [-0.25, -0.2) is 0 Å². The first-order chi connectivity index (χ1) is 7.28. The SMILES string of the molecule is CCCC(CC)NCCN(CC)CCC. The fourth-order valence-electron chi connectivity index (χ4n) is 1.97. The Balaban J connectivity index is 3.55. The highest BCUT2D eigenvalue weighted by molar-refractivity contribution is 4.65. The molecule has 0 radical (unpaired) electrons. The van der Waals surface area contributed by atoms with Crippen molar-refractivity contribution in [2.24, 2.45) is 0 Å². The van der Waals surface area contributed by atoms with E-state index in [1.807, 2.05) is 0 Å². The molecule has 0 aliphatic carbocycles. The minimum atomic E-state index is 0.732. The van der Waals surface area contributed by atoms with Crippen molar-refractivity contribution in [1.29, 1.82) is 0 Å². The molecule has 0 spiro atoms. The summed E-state index contributed by atoms with van der Waals surface area (Å²) in [6, 6.07) is 0.732. The second-order valence-electron chi connectivity index (χ2n) is 4.28. The third-order valence-electron chi connectivity index (χ3n) is 2.98. The molecule has 1 N–H and O–H groups in total. The van der Waals surface area contributed by atoms with Gasteiger partial charge in [0.2, 0.25) is 0 Å². The van der Waals surface area contributed by atoms with E-state index < -0.39 is 0 Å². The van der Waals surface area contributed by atoms with Gasteiger partial charge < -0.3 is 10.2 Å². The molecule has 1 unspecified atom stereocenters. The number of likely N-dealkylation sites (N-methyl/N-ethyl adjacent to an activating group) is 1. The number of hydrogen-bond acceptors (Lipinski definition) is 2. The van der Waals surface area contributed by atoms with Crippen LogP contribution in [0.3, 0.4) is 0 Å². The lowest BCUT2D eigenvalue weighted by atomic mass is 10.1. The summed E-state index contributed by atoms with van der Waals surface area (Å²) in [5.41, 5.74) is 0. The zero-order valence-electron chi connectivity index (χ0n) is 11.2. The molecule has 0 aromatic rings. The van der Waals surface area contributed by atoms with Crippen molar-refractivity contribution in [3.8, 4) is 0 Å². The lowest BCUT2D eigenvalue weighted by Crippen LogP contribution is -2.37.